The van der Waals surface area contributed by atoms with Gasteiger partial charge in [0.1, 0.15) is 0 Å². The molecular weight excluding hydrogens is 315 g/mol. The topological polar surface area (TPSA) is 26.3 Å². The summed E-state index contributed by atoms with van der Waals surface area (Å²) in [6.45, 7) is 0. The maximum absolute atomic E-state index is 12.4. The first-order chi connectivity index (χ1) is 7.76. The molecule has 0 bridgehead atoms. The van der Waals surface area contributed by atoms with Gasteiger partial charge in [0.05, 0.1) is 10.0 Å². The van der Waals surface area contributed by atoms with Gasteiger partial charge in [-0.1, -0.05) is 6.07 Å². The Balaban J connectivity index is 3.32. The zero-order valence-corrected chi connectivity index (χ0v) is 9.48. The zero-order chi connectivity index (χ0) is 13.2. The van der Waals surface area contributed by atoms with E-state index in [1.807, 2.05) is 0 Å². The number of carbonyl (C=O) groups excluding carboxylic acids is 1. The normalized spacial score (nSPS) is 11.7. The van der Waals surface area contributed by atoms with E-state index in [1.165, 1.54) is 0 Å². The van der Waals surface area contributed by atoms with Gasteiger partial charge in [-0.2, -0.15) is 0 Å². The summed E-state index contributed by atoms with van der Waals surface area (Å²) in [7, 11) is 0. The molecular formula is C9H4BrF5O2. The molecule has 0 amide bonds. The summed E-state index contributed by atoms with van der Waals surface area (Å²) < 4.78 is 63.9. The third-order valence-corrected chi connectivity index (χ3v) is 2.56. The van der Waals surface area contributed by atoms with Crippen LogP contribution in [0.3, 0.4) is 0 Å². The van der Waals surface area contributed by atoms with Gasteiger partial charge in [-0.25, -0.2) is 8.78 Å². The minimum Gasteiger partial charge on any atom is -0.404 e. The highest BCUT2D eigenvalue weighted by molar-refractivity contribution is 9.10. The standard InChI is InChI=1S/C9H4BrF5O2/c10-6-5(8(11)12)2-1-4(3-16)7(6)17-9(13,14)15/h1-3,8H. The van der Waals surface area contributed by atoms with E-state index in [-0.39, 0.29) is 6.29 Å². The van der Waals surface area contributed by atoms with Crippen LogP contribution in [0, 0.1) is 0 Å². The van der Waals surface area contributed by atoms with Crippen molar-refractivity contribution in [2.45, 2.75) is 12.8 Å². The lowest BCUT2D eigenvalue weighted by atomic mass is 10.1. The number of aldehydes is 1. The number of benzene rings is 1. The Bertz CT molecular complexity index is 430. The fourth-order valence-corrected chi connectivity index (χ4v) is 1.68. The van der Waals surface area contributed by atoms with Crippen molar-refractivity contribution < 1.29 is 31.5 Å². The van der Waals surface area contributed by atoms with Crippen LogP contribution in [0.4, 0.5) is 22.0 Å². The first-order valence-electron chi connectivity index (χ1n) is 4.07. The minimum atomic E-state index is -5.07. The van der Waals surface area contributed by atoms with E-state index in [2.05, 4.69) is 20.7 Å². The zero-order valence-electron chi connectivity index (χ0n) is 7.89. The third kappa shape index (κ3) is 3.39. The molecule has 1 rings (SSSR count). The van der Waals surface area contributed by atoms with Crippen molar-refractivity contribution in [1.82, 2.24) is 0 Å². The second-order valence-electron chi connectivity index (χ2n) is 2.85. The van der Waals surface area contributed by atoms with Crippen molar-refractivity contribution in [2.75, 3.05) is 0 Å². The molecule has 1 aromatic rings. The van der Waals surface area contributed by atoms with Crippen LogP contribution >= 0.6 is 15.9 Å². The minimum absolute atomic E-state index is 0.0844. The molecule has 0 aliphatic carbocycles. The van der Waals surface area contributed by atoms with Gasteiger partial charge < -0.3 is 4.74 Å². The van der Waals surface area contributed by atoms with Gasteiger partial charge in [0.25, 0.3) is 6.43 Å². The number of rotatable bonds is 3. The van der Waals surface area contributed by atoms with Crippen LogP contribution in [0.1, 0.15) is 22.3 Å². The molecule has 0 spiro atoms. The van der Waals surface area contributed by atoms with Gasteiger partial charge in [0, 0.05) is 5.56 Å². The number of ether oxygens (including phenoxy) is 1. The molecule has 0 aromatic heterocycles. The fraction of sp³-hybridized carbons (Fsp3) is 0.222. The highest BCUT2D eigenvalue weighted by atomic mass is 79.9. The number of carbonyl (C=O) groups is 1. The van der Waals surface area contributed by atoms with Crippen LogP contribution in [0.15, 0.2) is 16.6 Å². The summed E-state index contributed by atoms with van der Waals surface area (Å²) in [5, 5.41) is 0. The average molecular weight is 319 g/mol. The Kier molecular flexibility index (Phi) is 4.07. The molecule has 94 valence electrons. The Morgan fingerprint density at radius 2 is 1.88 bits per heavy atom. The molecule has 17 heavy (non-hydrogen) atoms. The summed E-state index contributed by atoms with van der Waals surface area (Å²) >= 11 is 2.56. The van der Waals surface area contributed by atoms with Crippen molar-refractivity contribution >= 4 is 22.2 Å². The quantitative estimate of drug-likeness (QED) is 0.619. The van der Waals surface area contributed by atoms with Gasteiger partial charge in [0.2, 0.25) is 0 Å². The van der Waals surface area contributed by atoms with Gasteiger partial charge in [0.15, 0.2) is 12.0 Å². The molecule has 0 atom stereocenters. The second-order valence-corrected chi connectivity index (χ2v) is 3.65. The molecule has 0 N–H and O–H groups in total. The maximum atomic E-state index is 12.4. The number of alkyl halides is 5. The maximum Gasteiger partial charge on any atom is 0.573 e. The molecule has 0 aliphatic heterocycles. The molecule has 0 saturated heterocycles. The van der Waals surface area contributed by atoms with Crippen LogP contribution in [0.5, 0.6) is 5.75 Å². The lowest BCUT2D eigenvalue weighted by molar-refractivity contribution is -0.275. The summed E-state index contributed by atoms with van der Waals surface area (Å²) in [6.07, 6.45) is -7.97. The summed E-state index contributed by atoms with van der Waals surface area (Å²) in [5.41, 5.74) is -1.16. The molecule has 0 saturated carbocycles. The lowest BCUT2D eigenvalue weighted by Crippen LogP contribution is -2.18. The van der Waals surface area contributed by atoms with E-state index < -0.39 is 34.1 Å². The highest BCUT2D eigenvalue weighted by Gasteiger charge is 2.34. The lowest BCUT2D eigenvalue weighted by Gasteiger charge is -2.14. The van der Waals surface area contributed by atoms with Gasteiger partial charge in [-0.3, -0.25) is 4.79 Å². The third-order valence-electron chi connectivity index (χ3n) is 1.74. The van der Waals surface area contributed by atoms with Crippen LogP contribution in [-0.2, 0) is 0 Å². The second kappa shape index (κ2) is 4.99. The fourth-order valence-electron chi connectivity index (χ4n) is 1.07. The average Bonchev–Trinajstić information content (AvgIpc) is 2.18. The van der Waals surface area contributed by atoms with Crippen LogP contribution in [0.2, 0.25) is 0 Å². The number of halogens is 6. The first kappa shape index (κ1) is 13.9. The largest absolute Gasteiger partial charge is 0.573 e. The Morgan fingerprint density at radius 1 is 1.29 bits per heavy atom. The Morgan fingerprint density at radius 3 is 2.29 bits per heavy atom. The van der Waals surface area contributed by atoms with Crippen molar-refractivity contribution in [2.24, 2.45) is 0 Å². The number of hydrogen-bond acceptors (Lipinski definition) is 2. The van der Waals surface area contributed by atoms with Crippen LogP contribution in [-0.4, -0.2) is 12.6 Å². The molecule has 0 radical (unpaired) electrons. The monoisotopic (exact) mass is 318 g/mol. The molecule has 0 heterocycles. The van der Waals surface area contributed by atoms with Gasteiger partial charge >= 0.3 is 6.36 Å². The Hall–Kier alpha value is -1.18. The summed E-state index contributed by atoms with van der Waals surface area (Å²) in [6, 6.07) is 1.68. The van der Waals surface area contributed by atoms with Crippen LogP contribution in [0.25, 0.3) is 0 Å². The van der Waals surface area contributed by atoms with E-state index >= 15 is 0 Å². The van der Waals surface area contributed by atoms with Crippen molar-refractivity contribution in [3.8, 4) is 5.75 Å². The molecule has 0 aliphatic rings. The molecule has 1 aromatic carbocycles. The predicted octanol–water partition coefficient (Wildman–Crippen LogP) is 4.10. The number of hydrogen-bond donors (Lipinski definition) is 0. The van der Waals surface area contributed by atoms with E-state index in [0.717, 1.165) is 12.1 Å². The van der Waals surface area contributed by atoms with Crippen molar-refractivity contribution in [1.29, 1.82) is 0 Å². The molecule has 0 unspecified atom stereocenters. The molecule has 0 fully saturated rings. The van der Waals surface area contributed by atoms with Crippen molar-refractivity contribution in [3.63, 3.8) is 0 Å². The summed E-state index contributed by atoms with van der Waals surface area (Å²) in [4.78, 5) is 10.5. The molecule has 2 nitrogen and oxygen atoms in total. The Labute approximate surface area is 100 Å². The van der Waals surface area contributed by atoms with Gasteiger partial charge in [-0.15, -0.1) is 13.2 Å². The smallest absolute Gasteiger partial charge is 0.404 e. The summed E-state index contributed by atoms with van der Waals surface area (Å²) in [5.74, 6) is -0.967. The van der Waals surface area contributed by atoms with E-state index in [4.69, 9.17) is 0 Å². The van der Waals surface area contributed by atoms with E-state index in [0.29, 0.717) is 0 Å². The van der Waals surface area contributed by atoms with Crippen molar-refractivity contribution in [3.05, 3.63) is 27.7 Å². The first-order valence-corrected chi connectivity index (χ1v) is 4.87. The van der Waals surface area contributed by atoms with Crippen LogP contribution < -0.4 is 4.74 Å². The van der Waals surface area contributed by atoms with Gasteiger partial charge in [-0.05, 0) is 22.0 Å². The molecule has 8 heteroatoms. The predicted molar refractivity (Wildman–Crippen MR) is 51.2 cm³/mol. The highest BCUT2D eigenvalue weighted by Crippen LogP contribution is 2.39. The van der Waals surface area contributed by atoms with E-state index in [9.17, 15) is 26.7 Å². The SMILES string of the molecule is O=Cc1ccc(C(F)F)c(Br)c1OC(F)(F)F. The van der Waals surface area contributed by atoms with E-state index in [1.54, 1.807) is 0 Å².